The standard InChI is InChI=1S/C16H20BrN3O4/c1-11(21)20-4-2-19(3-5-20)10-16(22)18-13-9-15-14(8-12(13)17)23-6-7-24-15/h8-9H,2-7,10H2,1H3,(H,18,22). The third-order valence-electron chi connectivity index (χ3n) is 4.09. The van der Waals surface area contributed by atoms with E-state index < -0.39 is 0 Å². The molecule has 1 aromatic carbocycles. The Bertz CT molecular complexity index is 644. The number of carbonyl (C=O) groups is 2. The molecule has 1 N–H and O–H groups in total. The highest BCUT2D eigenvalue weighted by Crippen LogP contribution is 2.38. The zero-order chi connectivity index (χ0) is 17.1. The third kappa shape index (κ3) is 3.99. The number of carbonyl (C=O) groups excluding carboxylic acids is 2. The molecule has 0 saturated carbocycles. The summed E-state index contributed by atoms with van der Waals surface area (Å²) in [5, 5.41) is 2.90. The summed E-state index contributed by atoms with van der Waals surface area (Å²) in [5.41, 5.74) is 0.659. The van der Waals surface area contributed by atoms with Gasteiger partial charge in [0, 0.05) is 49.7 Å². The van der Waals surface area contributed by atoms with Crippen molar-refractivity contribution >= 4 is 33.4 Å². The fourth-order valence-electron chi connectivity index (χ4n) is 2.77. The van der Waals surface area contributed by atoms with Crippen LogP contribution in [0.15, 0.2) is 16.6 Å². The van der Waals surface area contributed by atoms with Crippen LogP contribution in [0.5, 0.6) is 11.5 Å². The molecule has 2 aliphatic heterocycles. The van der Waals surface area contributed by atoms with Crippen molar-refractivity contribution < 1.29 is 19.1 Å². The van der Waals surface area contributed by atoms with Gasteiger partial charge in [-0.1, -0.05) is 0 Å². The molecule has 0 atom stereocenters. The Morgan fingerprint density at radius 1 is 1.12 bits per heavy atom. The van der Waals surface area contributed by atoms with Gasteiger partial charge in [-0.15, -0.1) is 0 Å². The van der Waals surface area contributed by atoms with Gasteiger partial charge in [0.1, 0.15) is 13.2 Å². The van der Waals surface area contributed by atoms with E-state index >= 15 is 0 Å². The first-order valence-electron chi connectivity index (χ1n) is 7.90. The molecule has 130 valence electrons. The molecule has 0 radical (unpaired) electrons. The zero-order valence-electron chi connectivity index (χ0n) is 13.5. The van der Waals surface area contributed by atoms with Gasteiger partial charge in [-0.25, -0.2) is 0 Å². The van der Waals surface area contributed by atoms with Crippen molar-refractivity contribution in [2.45, 2.75) is 6.92 Å². The predicted octanol–water partition coefficient (Wildman–Crippen LogP) is 1.32. The predicted molar refractivity (Wildman–Crippen MR) is 92.5 cm³/mol. The average Bonchev–Trinajstić information content (AvgIpc) is 2.56. The minimum atomic E-state index is -0.0938. The summed E-state index contributed by atoms with van der Waals surface area (Å²) < 4.78 is 11.8. The van der Waals surface area contributed by atoms with E-state index in [1.54, 1.807) is 24.0 Å². The number of piperazine rings is 1. The molecular formula is C16H20BrN3O4. The lowest BCUT2D eigenvalue weighted by Gasteiger charge is -2.33. The molecule has 8 heteroatoms. The van der Waals surface area contributed by atoms with Crippen molar-refractivity contribution in [3.63, 3.8) is 0 Å². The van der Waals surface area contributed by atoms with E-state index in [9.17, 15) is 9.59 Å². The number of halogens is 1. The van der Waals surface area contributed by atoms with Gasteiger partial charge in [-0.2, -0.15) is 0 Å². The smallest absolute Gasteiger partial charge is 0.238 e. The van der Waals surface area contributed by atoms with Gasteiger partial charge >= 0.3 is 0 Å². The van der Waals surface area contributed by atoms with Crippen molar-refractivity contribution in [1.82, 2.24) is 9.80 Å². The number of ether oxygens (including phenoxy) is 2. The number of amides is 2. The first kappa shape index (κ1) is 17.0. The Kier molecular flexibility index (Phi) is 5.25. The van der Waals surface area contributed by atoms with Crippen molar-refractivity contribution in [3.05, 3.63) is 16.6 Å². The molecule has 7 nitrogen and oxygen atoms in total. The van der Waals surface area contributed by atoms with E-state index in [1.165, 1.54) is 0 Å². The van der Waals surface area contributed by atoms with E-state index in [4.69, 9.17) is 9.47 Å². The van der Waals surface area contributed by atoms with E-state index in [1.807, 2.05) is 4.90 Å². The Labute approximate surface area is 149 Å². The van der Waals surface area contributed by atoms with Crippen LogP contribution in [-0.4, -0.2) is 67.6 Å². The molecule has 1 aromatic rings. The number of nitrogens with one attached hydrogen (secondary N) is 1. The van der Waals surface area contributed by atoms with Crippen molar-refractivity contribution in [1.29, 1.82) is 0 Å². The first-order valence-corrected chi connectivity index (χ1v) is 8.69. The maximum absolute atomic E-state index is 12.3. The Balaban J connectivity index is 1.56. The van der Waals surface area contributed by atoms with Crippen molar-refractivity contribution in [2.24, 2.45) is 0 Å². The van der Waals surface area contributed by atoms with Crippen LogP contribution in [-0.2, 0) is 9.59 Å². The van der Waals surface area contributed by atoms with Crippen LogP contribution in [0.2, 0.25) is 0 Å². The summed E-state index contributed by atoms with van der Waals surface area (Å²) in [5.74, 6) is 1.30. The number of hydrogen-bond donors (Lipinski definition) is 1. The number of benzene rings is 1. The Morgan fingerprint density at radius 3 is 2.38 bits per heavy atom. The topological polar surface area (TPSA) is 71.1 Å². The summed E-state index contributed by atoms with van der Waals surface area (Å²) in [4.78, 5) is 27.5. The van der Waals surface area contributed by atoms with Crippen LogP contribution in [0.1, 0.15) is 6.92 Å². The number of hydrogen-bond acceptors (Lipinski definition) is 5. The van der Waals surface area contributed by atoms with Gasteiger partial charge < -0.3 is 19.7 Å². The molecule has 1 saturated heterocycles. The van der Waals surface area contributed by atoms with Crippen LogP contribution in [0, 0.1) is 0 Å². The lowest BCUT2D eigenvalue weighted by Crippen LogP contribution is -2.49. The molecule has 1 fully saturated rings. The van der Waals surface area contributed by atoms with E-state index in [-0.39, 0.29) is 11.8 Å². The van der Waals surface area contributed by atoms with Crippen LogP contribution in [0.3, 0.4) is 0 Å². The molecule has 0 aliphatic carbocycles. The Hall–Kier alpha value is -1.80. The molecule has 0 spiro atoms. The first-order chi connectivity index (χ1) is 11.5. The van der Waals surface area contributed by atoms with E-state index in [0.717, 1.165) is 4.47 Å². The van der Waals surface area contributed by atoms with E-state index in [0.29, 0.717) is 63.1 Å². The molecule has 0 unspecified atom stereocenters. The van der Waals surface area contributed by atoms with Gasteiger partial charge in [0.2, 0.25) is 11.8 Å². The summed E-state index contributed by atoms with van der Waals surface area (Å²) in [6.07, 6.45) is 0. The second kappa shape index (κ2) is 7.40. The van der Waals surface area contributed by atoms with Crippen LogP contribution in [0.4, 0.5) is 5.69 Å². The minimum Gasteiger partial charge on any atom is -0.486 e. The Morgan fingerprint density at radius 2 is 1.75 bits per heavy atom. The molecule has 2 heterocycles. The quantitative estimate of drug-likeness (QED) is 0.832. The lowest BCUT2D eigenvalue weighted by atomic mass is 10.2. The highest BCUT2D eigenvalue weighted by atomic mass is 79.9. The van der Waals surface area contributed by atoms with Gasteiger partial charge in [0.15, 0.2) is 11.5 Å². The van der Waals surface area contributed by atoms with Crippen LogP contribution in [0.25, 0.3) is 0 Å². The van der Waals surface area contributed by atoms with E-state index in [2.05, 4.69) is 21.2 Å². The SMILES string of the molecule is CC(=O)N1CCN(CC(=O)Nc2cc3c(cc2Br)OCCO3)CC1. The third-order valence-corrected chi connectivity index (χ3v) is 4.75. The number of fused-ring (bicyclic) bond motifs is 1. The highest BCUT2D eigenvalue weighted by molar-refractivity contribution is 9.10. The maximum Gasteiger partial charge on any atom is 0.238 e. The maximum atomic E-state index is 12.3. The second-order valence-electron chi connectivity index (χ2n) is 5.81. The monoisotopic (exact) mass is 397 g/mol. The average molecular weight is 398 g/mol. The highest BCUT2D eigenvalue weighted by Gasteiger charge is 2.21. The van der Waals surface area contributed by atoms with Crippen LogP contribution < -0.4 is 14.8 Å². The summed E-state index contributed by atoms with van der Waals surface area (Å²) in [6, 6.07) is 3.57. The van der Waals surface area contributed by atoms with Crippen molar-refractivity contribution in [2.75, 3.05) is 51.3 Å². The largest absolute Gasteiger partial charge is 0.486 e. The number of anilines is 1. The van der Waals surface area contributed by atoms with Crippen LogP contribution >= 0.6 is 15.9 Å². The number of rotatable bonds is 3. The van der Waals surface area contributed by atoms with Gasteiger partial charge in [0.25, 0.3) is 0 Å². The molecule has 0 aromatic heterocycles. The molecule has 2 amide bonds. The minimum absolute atomic E-state index is 0.0827. The molecular weight excluding hydrogens is 378 g/mol. The fraction of sp³-hybridized carbons (Fsp3) is 0.500. The zero-order valence-corrected chi connectivity index (χ0v) is 15.1. The number of nitrogens with zero attached hydrogens (tertiary/aromatic N) is 2. The summed E-state index contributed by atoms with van der Waals surface area (Å²) in [7, 11) is 0. The lowest BCUT2D eigenvalue weighted by molar-refractivity contribution is -0.130. The second-order valence-corrected chi connectivity index (χ2v) is 6.66. The molecule has 2 aliphatic rings. The molecule has 24 heavy (non-hydrogen) atoms. The van der Waals surface area contributed by atoms with Gasteiger partial charge in [-0.3, -0.25) is 14.5 Å². The normalized spacial score (nSPS) is 17.5. The van der Waals surface area contributed by atoms with Gasteiger partial charge in [-0.05, 0) is 15.9 Å². The summed E-state index contributed by atoms with van der Waals surface area (Å²) in [6.45, 7) is 5.63. The fourth-order valence-corrected chi connectivity index (χ4v) is 3.19. The summed E-state index contributed by atoms with van der Waals surface area (Å²) >= 11 is 3.44. The van der Waals surface area contributed by atoms with Crippen molar-refractivity contribution in [3.8, 4) is 11.5 Å². The molecule has 0 bridgehead atoms. The van der Waals surface area contributed by atoms with Gasteiger partial charge in [0.05, 0.1) is 12.2 Å². The molecule has 3 rings (SSSR count).